The summed E-state index contributed by atoms with van der Waals surface area (Å²) < 4.78 is 0. The topological polar surface area (TPSA) is 44.0 Å². The number of nitriles is 1. The number of aliphatic hydroxyl groups is 1. The zero-order valence-electron chi connectivity index (χ0n) is 10.5. The number of hydrogen-bond acceptors (Lipinski definition) is 2. The average molecular weight is 237 g/mol. The maximum Gasteiger partial charge on any atom is 0.104 e. The lowest BCUT2D eigenvalue weighted by molar-refractivity contribution is 0.219. The smallest absolute Gasteiger partial charge is 0.104 e. The minimum atomic E-state index is -0.682. The lowest BCUT2D eigenvalue weighted by Crippen LogP contribution is -2.02. The fourth-order valence-electron chi connectivity index (χ4n) is 2.09. The highest BCUT2D eigenvalue weighted by Gasteiger charge is 2.13. The van der Waals surface area contributed by atoms with E-state index in [0.717, 1.165) is 16.7 Å². The molecule has 0 aliphatic heterocycles. The summed E-state index contributed by atoms with van der Waals surface area (Å²) in [6.45, 7) is 4.01. The molecule has 0 aromatic heterocycles. The molecule has 0 bridgehead atoms. The molecule has 0 radical (unpaired) electrons. The summed E-state index contributed by atoms with van der Waals surface area (Å²) in [6, 6.07) is 15.2. The van der Waals surface area contributed by atoms with E-state index in [1.54, 1.807) is 18.2 Å². The first-order chi connectivity index (χ1) is 8.61. The van der Waals surface area contributed by atoms with E-state index in [1.165, 1.54) is 5.56 Å². The molecule has 0 saturated carbocycles. The van der Waals surface area contributed by atoms with Gasteiger partial charge in [0.1, 0.15) is 6.10 Å². The number of benzene rings is 2. The van der Waals surface area contributed by atoms with E-state index in [9.17, 15) is 5.11 Å². The van der Waals surface area contributed by atoms with Crippen LogP contribution in [0.3, 0.4) is 0 Å². The largest absolute Gasteiger partial charge is 0.384 e. The summed E-state index contributed by atoms with van der Waals surface area (Å²) in [4.78, 5) is 0. The van der Waals surface area contributed by atoms with Crippen molar-refractivity contribution >= 4 is 0 Å². The van der Waals surface area contributed by atoms with Crippen LogP contribution < -0.4 is 0 Å². The standard InChI is InChI=1S/C16H15NO/c1-11-6-7-15(12(2)8-11)16(18)14-5-3-4-13(9-14)10-17/h3-9,16,18H,1-2H3. The van der Waals surface area contributed by atoms with Gasteiger partial charge in [-0.05, 0) is 42.7 Å². The summed E-state index contributed by atoms with van der Waals surface area (Å²) >= 11 is 0. The molecule has 1 N–H and O–H groups in total. The Bertz CT molecular complexity index is 611. The van der Waals surface area contributed by atoms with Gasteiger partial charge >= 0.3 is 0 Å². The number of aryl methyl sites for hydroxylation is 2. The second kappa shape index (κ2) is 5.03. The first kappa shape index (κ1) is 12.3. The Morgan fingerprint density at radius 3 is 2.56 bits per heavy atom. The van der Waals surface area contributed by atoms with Crippen LogP contribution in [0.15, 0.2) is 42.5 Å². The monoisotopic (exact) mass is 237 g/mol. The molecule has 2 aromatic carbocycles. The molecule has 0 aliphatic carbocycles. The molecule has 2 nitrogen and oxygen atoms in total. The van der Waals surface area contributed by atoms with Crippen LogP contribution in [0.25, 0.3) is 0 Å². The molecular weight excluding hydrogens is 222 g/mol. The van der Waals surface area contributed by atoms with Gasteiger partial charge in [0, 0.05) is 0 Å². The molecular formula is C16H15NO. The minimum absolute atomic E-state index is 0.566. The molecule has 0 fully saturated rings. The number of hydrogen-bond donors (Lipinski definition) is 1. The van der Waals surface area contributed by atoms with Gasteiger partial charge in [-0.1, -0.05) is 35.9 Å². The number of rotatable bonds is 2. The van der Waals surface area contributed by atoms with Crippen molar-refractivity contribution in [1.82, 2.24) is 0 Å². The molecule has 2 heteroatoms. The van der Waals surface area contributed by atoms with Crippen LogP contribution in [-0.2, 0) is 0 Å². The van der Waals surface area contributed by atoms with E-state index in [1.807, 2.05) is 38.1 Å². The van der Waals surface area contributed by atoms with Gasteiger partial charge in [0.25, 0.3) is 0 Å². The lowest BCUT2D eigenvalue weighted by atomic mass is 9.95. The summed E-state index contributed by atoms with van der Waals surface area (Å²) in [7, 11) is 0. The molecule has 2 rings (SSSR count). The predicted molar refractivity (Wildman–Crippen MR) is 71.1 cm³/mol. The summed E-state index contributed by atoms with van der Waals surface area (Å²) in [5, 5.41) is 19.2. The van der Waals surface area contributed by atoms with E-state index >= 15 is 0 Å². The van der Waals surface area contributed by atoms with Crippen molar-refractivity contribution in [2.45, 2.75) is 20.0 Å². The van der Waals surface area contributed by atoms with Crippen molar-refractivity contribution in [3.8, 4) is 6.07 Å². The highest BCUT2D eigenvalue weighted by Crippen LogP contribution is 2.25. The van der Waals surface area contributed by atoms with Crippen LogP contribution in [0.4, 0.5) is 0 Å². The van der Waals surface area contributed by atoms with Crippen molar-refractivity contribution in [3.63, 3.8) is 0 Å². The van der Waals surface area contributed by atoms with Crippen LogP contribution >= 0.6 is 0 Å². The second-order valence-electron chi connectivity index (χ2n) is 4.50. The molecule has 0 amide bonds. The maximum atomic E-state index is 10.4. The minimum Gasteiger partial charge on any atom is -0.384 e. The van der Waals surface area contributed by atoms with Crippen molar-refractivity contribution in [2.24, 2.45) is 0 Å². The fraction of sp³-hybridized carbons (Fsp3) is 0.188. The Morgan fingerprint density at radius 1 is 1.11 bits per heavy atom. The van der Waals surface area contributed by atoms with Crippen LogP contribution in [0.1, 0.15) is 33.9 Å². The zero-order chi connectivity index (χ0) is 13.1. The van der Waals surface area contributed by atoms with E-state index in [4.69, 9.17) is 5.26 Å². The zero-order valence-corrected chi connectivity index (χ0v) is 10.5. The third-order valence-corrected chi connectivity index (χ3v) is 3.05. The molecule has 2 aromatic rings. The van der Waals surface area contributed by atoms with E-state index in [2.05, 4.69) is 6.07 Å². The lowest BCUT2D eigenvalue weighted by Gasteiger charge is -2.15. The molecule has 0 spiro atoms. The Labute approximate surface area is 107 Å². The van der Waals surface area contributed by atoms with Crippen LogP contribution in [0.2, 0.25) is 0 Å². The predicted octanol–water partition coefficient (Wildman–Crippen LogP) is 3.26. The SMILES string of the molecule is Cc1ccc(C(O)c2cccc(C#N)c2)c(C)c1. The van der Waals surface area contributed by atoms with Gasteiger partial charge in [0.2, 0.25) is 0 Å². The Morgan fingerprint density at radius 2 is 1.89 bits per heavy atom. The van der Waals surface area contributed by atoms with Crippen LogP contribution in [-0.4, -0.2) is 5.11 Å². The average Bonchev–Trinajstić information content (AvgIpc) is 2.38. The van der Waals surface area contributed by atoms with Crippen molar-refractivity contribution in [2.75, 3.05) is 0 Å². The molecule has 0 aliphatic rings. The molecule has 1 unspecified atom stereocenters. The second-order valence-corrected chi connectivity index (χ2v) is 4.50. The molecule has 18 heavy (non-hydrogen) atoms. The Balaban J connectivity index is 2.41. The van der Waals surface area contributed by atoms with Crippen LogP contribution in [0, 0.1) is 25.2 Å². The van der Waals surface area contributed by atoms with Gasteiger partial charge in [-0.15, -0.1) is 0 Å². The summed E-state index contributed by atoms with van der Waals surface area (Å²) in [6.07, 6.45) is -0.682. The van der Waals surface area contributed by atoms with E-state index < -0.39 is 6.10 Å². The van der Waals surface area contributed by atoms with Gasteiger partial charge in [-0.25, -0.2) is 0 Å². The summed E-state index contributed by atoms with van der Waals surface area (Å²) in [5.41, 5.74) is 4.44. The molecule has 0 saturated heterocycles. The van der Waals surface area contributed by atoms with Gasteiger partial charge in [-0.3, -0.25) is 0 Å². The quantitative estimate of drug-likeness (QED) is 0.871. The first-order valence-corrected chi connectivity index (χ1v) is 5.87. The maximum absolute atomic E-state index is 10.4. The Hall–Kier alpha value is -2.11. The molecule has 90 valence electrons. The molecule has 0 heterocycles. The van der Waals surface area contributed by atoms with Gasteiger partial charge in [-0.2, -0.15) is 5.26 Å². The van der Waals surface area contributed by atoms with Gasteiger partial charge in [0.15, 0.2) is 0 Å². The van der Waals surface area contributed by atoms with E-state index in [0.29, 0.717) is 5.56 Å². The highest BCUT2D eigenvalue weighted by atomic mass is 16.3. The Kier molecular flexibility index (Phi) is 3.45. The summed E-state index contributed by atoms with van der Waals surface area (Å²) in [5.74, 6) is 0. The normalized spacial score (nSPS) is 11.9. The van der Waals surface area contributed by atoms with Gasteiger partial charge in [0.05, 0.1) is 11.6 Å². The third-order valence-electron chi connectivity index (χ3n) is 3.05. The van der Waals surface area contributed by atoms with Gasteiger partial charge < -0.3 is 5.11 Å². The highest BCUT2D eigenvalue weighted by molar-refractivity contribution is 5.40. The van der Waals surface area contributed by atoms with Crippen molar-refractivity contribution in [1.29, 1.82) is 5.26 Å². The fourth-order valence-corrected chi connectivity index (χ4v) is 2.09. The first-order valence-electron chi connectivity index (χ1n) is 5.87. The number of nitrogens with zero attached hydrogens (tertiary/aromatic N) is 1. The van der Waals surface area contributed by atoms with E-state index in [-0.39, 0.29) is 0 Å². The van der Waals surface area contributed by atoms with Crippen molar-refractivity contribution in [3.05, 3.63) is 70.3 Å². The third kappa shape index (κ3) is 2.42. The molecule has 1 atom stereocenters. The van der Waals surface area contributed by atoms with Crippen LogP contribution in [0.5, 0.6) is 0 Å². The van der Waals surface area contributed by atoms with Crippen molar-refractivity contribution < 1.29 is 5.11 Å². The number of aliphatic hydroxyl groups excluding tert-OH is 1.